The molecule has 1 aromatic rings. The second-order valence-corrected chi connectivity index (χ2v) is 7.29. The van der Waals surface area contributed by atoms with Gasteiger partial charge in [-0.3, -0.25) is 14.8 Å². The normalized spacial score (nSPS) is 29.7. The first-order valence-corrected chi connectivity index (χ1v) is 8.77. The average Bonchev–Trinajstić information content (AvgIpc) is 3.24. The van der Waals surface area contributed by atoms with E-state index < -0.39 is 0 Å². The summed E-state index contributed by atoms with van der Waals surface area (Å²) in [6, 6.07) is 7.02. The van der Waals surface area contributed by atoms with Gasteiger partial charge in [-0.2, -0.15) is 0 Å². The molecule has 2 saturated heterocycles. The quantitative estimate of drug-likeness (QED) is 0.832. The lowest BCUT2D eigenvalue weighted by Crippen LogP contribution is -2.49. The third kappa shape index (κ3) is 3.50. The second kappa shape index (κ2) is 6.26. The minimum Gasteiger partial charge on any atom is -0.377 e. The van der Waals surface area contributed by atoms with Crippen molar-refractivity contribution in [1.82, 2.24) is 14.8 Å². The number of fused-ring (bicyclic) bond motifs is 1. The van der Waals surface area contributed by atoms with Crippen LogP contribution in [-0.2, 0) is 11.3 Å². The van der Waals surface area contributed by atoms with Gasteiger partial charge in [0.25, 0.3) is 0 Å². The molecule has 0 amide bonds. The lowest BCUT2D eigenvalue weighted by Gasteiger charge is -2.37. The summed E-state index contributed by atoms with van der Waals surface area (Å²) in [6.07, 6.45) is 4.46. The molecule has 1 saturated carbocycles. The minimum atomic E-state index is 0.475. The van der Waals surface area contributed by atoms with Gasteiger partial charge in [-0.15, -0.1) is 0 Å². The van der Waals surface area contributed by atoms with Gasteiger partial charge in [-0.05, 0) is 44.2 Å². The highest BCUT2D eigenvalue weighted by molar-refractivity contribution is 5.10. The Balaban J connectivity index is 1.29. The highest BCUT2D eigenvalue weighted by atomic mass is 16.5. The Morgan fingerprint density at radius 1 is 1.23 bits per heavy atom. The third-order valence-corrected chi connectivity index (χ3v) is 5.26. The molecule has 4 rings (SSSR count). The lowest BCUT2D eigenvalue weighted by molar-refractivity contribution is 0.0507. The van der Waals surface area contributed by atoms with E-state index in [0.717, 1.165) is 37.9 Å². The molecule has 120 valence electrons. The molecule has 1 aromatic heterocycles. The maximum atomic E-state index is 6.12. The van der Waals surface area contributed by atoms with Crippen LogP contribution in [0.1, 0.15) is 30.7 Å². The van der Waals surface area contributed by atoms with Crippen LogP contribution in [-0.4, -0.2) is 59.7 Å². The zero-order chi connectivity index (χ0) is 14.9. The van der Waals surface area contributed by atoms with Crippen molar-refractivity contribution >= 4 is 0 Å². The molecule has 22 heavy (non-hydrogen) atoms. The number of aromatic nitrogens is 1. The predicted octanol–water partition coefficient (Wildman–Crippen LogP) is 2.08. The van der Waals surface area contributed by atoms with Crippen molar-refractivity contribution in [1.29, 1.82) is 0 Å². The Morgan fingerprint density at radius 3 is 2.95 bits per heavy atom. The van der Waals surface area contributed by atoms with Crippen LogP contribution < -0.4 is 0 Å². The number of hydrogen-bond acceptors (Lipinski definition) is 4. The fourth-order valence-corrected chi connectivity index (χ4v) is 3.80. The Hall–Kier alpha value is -0.970. The first kappa shape index (κ1) is 14.6. The number of pyridine rings is 1. The van der Waals surface area contributed by atoms with Gasteiger partial charge in [-0.1, -0.05) is 6.07 Å². The Kier molecular flexibility index (Phi) is 4.16. The van der Waals surface area contributed by atoms with E-state index in [4.69, 9.17) is 4.74 Å². The summed E-state index contributed by atoms with van der Waals surface area (Å²) in [6.45, 7) is 8.70. The number of aryl methyl sites for hydroxylation is 1. The summed E-state index contributed by atoms with van der Waals surface area (Å²) < 4.78 is 6.12. The summed E-state index contributed by atoms with van der Waals surface area (Å²) in [7, 11) is 0. The van der Waals surface area contributed by atoms with Crippen LogP contribution in [0.4, 0.5) is 0 Å². The monoisotopic (exact) mass is 301 g/mol. The zero-order valence-electron chi connectivity index (χ0n) is 13.6. The maximum Gasteiger partial charge on any atom is 0.0717 e. The minimum absolute atomic E-state index is 0.475. The van der Waals surface area contributed by atoms with E-state index >= 15 is 0 Å². The Bertz CT molecular complexity index is 517. The fraction of sp³-hybridized carbons (Fsp3) is 0.722. The number of rotatable bonds is 5. The van der Waals surface area contributed by atoms with E-state index in [1.54, 1.807) is 0 Å². The van der Waals surface area contributed by atoms with Crippen molar-refractivity contribution in [3.8, 4) is 0 Å². The maximum absolute atomic E-state index is 6.12. The lowest BCUT2D eigenvalue weighted by atomic mass is 10.1. The predicted molar refractivity (Wildman–Crippen MR) is 86.7 cm³/mol. The van der Waals surface area contributed by atoms with Crippen molar-refractivity contribution in [3.05, 3.63) is 29.6 Å². The number of ether oxygens (including phenoxy) is 1. The zero-order valence-corrected chi connectivity index (χ0v) is 13.6. The van der Waals surface area contributed by atoms with E-state index in [1.165, 1.54) is 38.0 Å². The van der Waals surface area contributed by atoms with Gasteiger partial charge in [0.15, 0.2) is 0 Å². The first-order chi connectivity index (χ1) is 10.8. The van der Waals surface area contributed by atoms with Crippen LogP contribution in [0.3, 0.4) is 0 Å². The van der Waals surface area contributed by atoms with Gasteiger partial charge in [0.2, 0.25) is 0 Å². The van der Waals surface area contributed by atoms with Crippen molar-refractivity contribution < 1.29 is 4.74 Å². The molecular weight excluding hydrogens is 274 g/mol. The topological polar surface area (TPSA) is 28.6 Å². The summed E-state index contributed by atoms with van der Waals surface area (Å²) in [5.41, 5.74) is 2.32. The van der Waals surface area contributed by atoms with Crippen LogP contribution in [0.2, 0.25) is 0 Å². The molecule has 0 aromatic carbocycles. The molecule has 0 spiro atoms. The van der Waals surface area contributed by atoms with Gasteiger partial charge < -0.3 is 4.74 Å². The average molecular weight is 301 g/mol. The van der Waals surface area contributed by atoms with Crippen molar-refractivity contribution in [2.45, 2.75) is 44.9 Å². The molecule has 4 nitrogen and oxygen atoms in total. The second-order valence-electron chi connectivity index (χ2n) is 7.29. The van der Waals surface area contributed by atoms with Crippen LogP contribution in [0.25, 0.3) is 0 Å². The number of nitrogens with zero attached hydrogens (tertiary/aromatic N) is 3. The van der Waals surface area contributed by atoms with Gasteiger partial charge >= 0.3 is 0 Å². The van der Waals surface area contributed by atoms with Gasteiger partial charge in [0, 0.05) is 51.1 Å². The largest absolute Gasteiger partial charge is 0.377 e. The molecule has 4 heteroatoms. The first-order valence-electron chi connectivity index (χ1n) is 8.77. The van der Waals surface area contributed by atoms with Crippen LogP contribution >= 0.6 is 0 Å². The standard InChI is InChI=1S/C18H27N3O/c1-14-3-2-4-16(19-14)10-20-7-8-21-12-18(9-17(21)11-20)22-13-15-5-6-15/h2-4,15,17-18H,5-13H2,1H3/t17-,18+/m0/s1. The SMILES string of the molecule is Cc1cccc(CN2CCN3C[C@H](OCC4CC4)C[C@H]3C2)n1. The van der Waals surface area contributed by atoms with Gasteiger partial charge in [-0.25, -0.2) is 0 Å². The van der Waals surface area contributed by atoms with Crippen LogP contribution in [0, 0.1) is 12.8 Å². The Morgan fingerprint density at radius 2 is 2.14 bits per heavy atom. The summed E-state index contributed by atoms with van der Waals surface area (Å²) in [4.78, 5) is 9.84. The fourth-order valence-electron chi connectivity index (χ4n) is 3.80. The molecule has 0 bridgehead atoms. The number of piperazine rings is 1. The summed E-state index contributed by atoms with van der Waals surface area (Å²) in [5.74, 6) is 0.876. The van der Waals surface area contributed by atoms with E-state index in [-0.39, 0.29) is 0 Å². The molecule has 0 unspecified atom stereocenters. The molecular formula is C18H27N3O. The van der Waals surface area contributed by atoms with Crippen LogP contribution in [0.15, 0.2) is 18.2 Å². The molecule has 3 heterocycles. The van der Waals surface area contributed by atoms with Gasteiger partial charge in [0.1, 0.15) is 0 Å². The smallest absolute Gasteiger partial charge is 0.0717 e. The van der Waals surface area contributed by atoms with E-state index in [0.29, 0.717) is 12.1 Å². The van der Waals surface area contributed by atoms with Crippen LogP contribution in [0.5, 0.6) is 0 Å². The highest BCUT2D eigenvalue weighted by Gasteiger charge is 2.37. The third-order valence-electron chi connectivity index (χ3n) is 5.26. The van der Waals surface area contributed by atoms with E-state index in [9.17, 15) is 0 Å². The molecule has 3 fully saturated rings. The summed E-state index contributed by atoms with van der Waals surface area (Å²) in [5, 5.41) is 0. The Labute approximate surface area is 133 Å². The van der Waals surface area contributed by atoms with Crippen molar-refractivity contribution in [2.24, 2.45) is 5.92 Å². The molecule has 3 aliphatic rings. The van der Waals surface area contributed by atoms with E-state index in [1.807, 2.05) is 0 Å². The van der Waals surface area contributed by atoms with Gasteiger partial charge in [0.05, 0.1) is 11.8 Å². The number of hydrogen-bond donors (Lipinski definition) is 0. The highest BCUT2D eigenvalue weighted by Crippen LogP contribution is 2.31. The summed E-state index contributed by atoms with van der Waals surface area (Å²) >= 11 is 0. The molecule has 2 atom stereocenters. The van der Waals surface area contributed by atoms with E-state index in [2.05, 4.69) is 39.9 Å². The molecule has 0 radical (unpaired) electrons. The molecule has 1 aliphatic carbocycles. The molecule has 0 N–H and O–H groups in total. The molecule has 2 aliphatic heterocycles. The van der Waals surface area contributed by atoms with Crippen molar-refractivity contribution in [3.63, 3.8) is 0 Å². The van der Waals surface area contributed by atoms with Crippen molar-refractivity contribution in [2.75, 3.05) is 32.8 Å².